The second-order valence-corrected chi connectivity index (χ2v) is 26.2. The van der Waals surface area contributed by atoms with Crippen molar-refractivity contribution in [2.24, 2.45) is 0 Å². The van der Waals surface area contributed by atoms with Crippen LogP contribution in [0.4, 0.5) is 43.9 Å². The monoisotopic (exact) mass is 1360 g/mol. The molecular weight excluding hydrogens is 1300 g/mol. The van der Waals surface area contributed by atoms with Crippen LogP contribution in [0.1, 0.15) is 67.0 Å². The number of benzene rings is 2. The summed E-state index contributed by atoms with van der Waals surface area (Å²) in [7, 11) is -8.63. The number of thioether (sulfide) groups is 2. The van der Waals surface area contributed by atoms with Gasteiger partial charge in [-0.25, -0.2) is 54.3 Å². The first-order chi connectivity index (χ1) is 38.9. The van der Waals surface area contributed by atoms with Gasteiger partial charge >= 0.3 is 12.4 Å². The third kappa shape index (κ3) is 16.3. The van der Waals surface area contributed by atoms with E-state index < -0.39 is 104 Å². The third-order valence-electron chi connectivity index (χ3n) is 13.3. The Balaban J connectivity index is 0.000000251. The number of ketones is 1. The van der Waals surface area contributed by atoms with Gasteiger partial charge in [0.15, 0.2) is 5.78 Å². The molecule has 2 fully saturated rings. The lowest BCUT2D eigenvalue weighted by atomic mass is 9.99. The van der Waals surface area contributed by atoms with Crippen LogP contribution in [-0.2, 0) is 55.0 Å². The summed E-state index contributed by atoms with van der Waals surface area (Å²) in [6.45, 7) is 6.22. The summed E-state index contributed by atoms with van der Waals surface area (Å²) in [4.78, 5) is 49.7. The second-order valence-electron chi connectivity index (χ2n) is 19.0. The van der Waals surface area contributed by atoms with Crippen LogP contribution in [-0.4, -0.2) is 131 Å². The average Bonchev–Trinajstić information content (AvgIpc) is 2.62. The van der Waals surface area contributed by atoms with Crippen molar-refractivity contribution in [2.75, 3.05) is 22.1 Å². The van der Waals surface area contributed by atoms with E-state index in [1.807, 2.05) is 11.8 Å². The van der Waals surface area contributed by atoms with Crippen LogP contribution < -0.4 is 0 Å². The number of carbonyl (C=O) groups excluding carboxylic acids is 2. The van der Waals surface area contributed by atoms with Gasteiger partial charge in [0.2, 0.25) is 37.6 Å². The van der Waals surface area contributed by atoms with Gasteiger partial charge in [0.1, 0.15) is 30.0 Å². The number of hydrogen-bond acceptors (Lipinski definition) is 14. The molecule has 4 aromatic heterocycles. The maximum Gasteiger partial charge on any atom is 0.451 e. The molecule has 0 aliphatic carbocycles. The quantitative estimate of drug-likeness (QED) is 0.0385. The number of sulfonamides is 2. The van der Waals surface area contributed by atoms with Crippen molar-refractivity contribution in [2.45, 2.75) is 119 Å². The Morgan fingerprint density at radius 1 is 0.627 bits per heavy atom. The van der Waals surface area contributed by atoms with Gasteiger partial charge in [0.05, 0.1) is 45.2 Å². The van der Waals surface area contributed by atoms with Crippen molar-refractivity contribution < 1.29 is 70.3 Å². The molecule has 6 heterocycles. The molecular formula is C53H54F10IN9O6S4. The molecule has 0 bridgehead atoms. The minimum Gasteiger partial charge on any atom is -0.328 e. The zero-order valence-electron chi connectivity index (χ0n) is 44.9. The number of pyridine rings is 2. The number of alkyl halides is 9. The summed E-state index contributed by atoms with van der Waals surface area (Å²) >= 11 is 5.45. The Morgan fingerprint density at radius 2 is 1.01 bits per heavy atom. The fraction of sp³-hybridized carbons (Fsp3) is 0.396. The number of aromatic nitrogens is 6. The number of halogens is 11. The minimum atomic E-state index is -4.70. The van der Waals surface area contributed by atoms with Crippen LogP contribution in [0.2, 0.25) is 0 Å². The molecule has 15 nitrogen and oxygen atoms in total. The van der Waals surface area contributed by atoms with Crippen LogP contribution in [0, 0.1) is 25.5 Å². The number of Topliss-reactive ketones (excluding diaryl/α,β-unsaturated/α-hetero) is 1. The van der Waals surface area contributed by atoms with Gasteiger partial charge in [-0.2, -0.15) is 46.7 Å². The van der Waals surface area contributed by atoms with E-state index in [2.05, 4.69) is 58.8 Å². The van der Waals surface area contributed by atoms with Crippen LogP contribution in [0.5, 0.6) is 0 Å². The molecule has 2 aromatic carbocycles. The van der Waals surface area contributed by atoms with Gasteiger partial charge in [-0.15, -0.1) is 11.8 Å². The number of hydrogen-bond donors (Lipinski definition) is 0. The molecule has 0 saturated carbocycles. The maximum atomic E-state index is 14.9. The molecule has 6 aromatic rings. The summed E-state index contributed by atoms with van der Waals surface area (Å²) in [6.07, 6.45) is -2.33. The van der Waals surface area contributed by atoms with E-state index in [0.29, 0.717) is 27.9 Å². The van der Waals surface area contributed by atoms with E-state index >= 15 is 0 Å². The summed E-state index contributed by atoms with van der Waals surface area (Å²) < 4.78 is 189. The second kappa shape index (κ2) is 28.2. The van der Waals surface area contributed by atoms with Crippen molar-refractivity contribution in [1.82, 2.24) is 43.4 Å². The lowest BCUT2D eigenvalue weighted by Gasteiger charge is -2.31. The smallest absolute Gasteiger partial charge is 0.328 e. The zero-order valence-corrected chi connectivity index (χ0v) is 50.3. The fourth-order valence-electron chi connectivity index (χ4n) is 8.91. The number of nitrogens with zero attached hydrogens (tertiary/aromatic N) is 9. The SMILES string of the molecule is CSCI.CSCN(Cc1cc(-c2cnc(C(F)(F)F)nc2)ncc1C)C(=O)[C@@H]1C[C@@H](F)[C@H](C)N1S(=O)(=O)c1ccc(F)cc1.Cc1cnc(-c2cnc(C(F)(F)F)nc2)cc1CCC(=O)[C@@H]1C[C@@H](F)[C@H](C)N1S(=O)(=O)c1ccc(F)cc1. The highest BCUT2D eigenvalue weighted by atomic mass is 127. The molecule has 6 atom stereocenters. The molecule has 448 valence electrons. The molecule has 83 heavy (non-hydrogen) atoms. The van der Waals surface area contributed by atoms with Crippen molar-refractivity contribution in [1.29, 1.82) is 0 Å². The first kappa shape index (κ1) is 66.7. The van der Waals surface area contributed by atoms with Gasteiger partial charge in [-0.1, -0.05) is 22.6 Å². The first-order valence-corrected chi connectivity index (χ1v) is 32.1. The van der Waals surface area contributed by atoms with Crippen molar-refractivity contribution >= 4 is 77.9 Å². The predicted octanol–water partition coefficient (Wildman–Crippen LogP) is 11.3. The summed E-state index contributed by atoms with van der Waals surface area (Å²) in [5.74, 6) is -4.81. The lowest BCUT2D eigenvalue weighted by Crippen LogP contribution is -2.49. The molecule has 2 aliphatic heterocycles. The van der Waals surface area contributed by atoms with E-state index in [4.69, 9.17) is 0 Å². The Morgan fingerprint density at radius 3 is 1.41 bits per heavy atom. The van der Waals surface area contributed by atoms with Crippen LogP contribution >= 0.6 is 46.1 Å². The highest BCUT2D eigenvalue weighted by Gasteiger charge is 2.51. The molecule has 0 spiro atoms. The molecule has 1 amide bonds. The van der Waals surface area contributed by atoms with E-state index in [0.717, 1.165) is 81.9 Å². The molecule has 30 heteroatoms. The first-order valence-electron chi connectivity index (χ1n) is 24.9. The van der Waals surface area contributed by atoms with Gasteiger partial charge in [0, 0.05) is 77.9 Å². The predicted molar refractivity (Wildman–Crippen MR) is 301 cm³/mol. The molecule has 2 saturated heterocycles. The maximum absolute atomic E-state index is 14.9. The van der Waals surface area contributed by atoms with E-state index in [-0.39, 0.29) is 64.7 Å². The Labute approximate surface area is 495 Å². The number of rotatable bonds is 16. The molecule has 0 radical (unpaired) electrons. The highest BCUT2D eigenvalue weighted by molar-refractivity contribution is 14.1. The minimum absolute atomic E-state index is 0.00517. The lowest BCUT2D eigenvalue weighted by molar-refractivity contribution is -0.145. The fourth-order valence-corrected chi connectivity index (χ4v) is 13.1. The van der Waals surface area contributed by atoms with Crippen LogP contribution in [0.15, 0.2) is 108 Å². The molecule has 0 unspecified atom stereocenters. The molecule has 8 rings (SSSR count). The van der Waals surface area contributed by atoms with E-state index in [1.165, 1.54) is 46.7 Å². The number of amides is 1. The largest absolute Gasteiger partial charge is 0.451 e. The topological polar surface area (TPSA) is 189 Å². The number of carbonyl (C=O) groups is 2. The Hall–Kier alpha value is -5.41. The number of aryl methyl sites for hydroxylation is 3. The van der Waals surface area contributed by atoms with E-state index in [9.17, 15) is 70.3 Å². The third-order valence-corrected chi connectivity index (χ3v) is 20.0. The zero-order chi connectivity index (χ0) is 61.4. The summed E-state index contributed by atoms with van der Waals surface area (Å²) in [6, 6.07) is 6.55. The van der Waals surface area contributed by atoms with Gasteiger partial charge in [0.25, 0.3) is 0 Å². The van der Waals surface area contributed by atoms with Crippen LogP contribution in [0.3, 0.4) is 0 Å². The van der Waals surface area contributed by atoms with Crippen molar-refractivity contribution in [3.05, 3.63) is 143 Å². The van der Waals surface area contributed by atoms with E-state index in [1.54, 1.807) is 32.2 Å². The average molecular weight is 1360 g/mol. The molecule has 0 N–H and O–H groups in total. The normalized spacial score (nSPS) is 19.6. The highest BCUT2D eigenvalue weighted by Crippen LogP contribution is 2.37. The van der Waals surface area contributed by atoms with Crippen molar-refractivity contribution in [3.8, 4) is 22.5 Å². The van der Waals surface area contributed by atoms with Gasteiger partial charge in [-0.05, 0) is 130 Å². The Kier molecular flexibility index (Phi) is 22.7. The van der Waals surface area contributed by atoms with Gasteiger partial charge < -0.3 is 4.90 Å². The Bertz CT molecular complexity index is 3430. The summed E-state index contributed by atoms with van der Waals surface area (Å²) in [5, 5.41) is 0. The van der Waals surface area contributed by atoms with Gasteiger partial charge in [-0.3, -0.25) is 19.6 Å². The van der Waals surface area contributed by atoms with Crippen molar-refractivity contribution in [3.63, 3.8) is 0 Å². The molecule has 2 aliphatic rings. The summed E-state index contributed by atoms with van der Waals surface area (Å²) in [5.41, 5.74) is 3.65. The van der Waals surface area contributed by atoms with Crippen LogP contribution in [0.25, 0.3) is 22.5 Å². The standard InChI is InChI=1S/C26H26F5N5O3S2.C25H23F5N4O3S.C2H5IS/c1-15-10-32-22(18-11-33-25(34-12-18)26(29,30)31)8-17(15)13-35(14-40-3)24(37)23-9-21(28)16(2)36(23)41(38,39)20-6-4-19(27)5-7-20;1-14-11-31-21(17-12-32-24(33-13-17)25(28,29)30)9-16(14)3-8-23(35)22-10-20(27)15(2)34(22)38(36,37)19-6-4-18(26)5-7-19;1-4-2-3/h4-8,10-12,16,21,23H,9,13-14H2,1-3H3;4-7,9,11-13,15,20,22H,3,8,10H2,1-2H3;2H2,1H3/t16-,21+,23-;15-,20+,22-;/m00./s1.